The Labute approximate surface area is 121 Å². The Morgan fingerprint density at radius 1 is 1.30 bits per heavy atom. The molecular formula is C15H26N2O3. The number of rotatable bonds is 5. The van der Waals surface area contributed by atoms with Gasteiger partial charge < -0.3 is 14.5 Å². The average Bonchev–Trinajstić information content (AvgIpc) is 2.85. The van der Waals surface area contributed by atoms with Gasteiger partial charge >= 0.3 is 0 Å². The number of methoxy groups -OCH3 is 1. The first-order valence-electron chi connectivity index (χ1n) is 7.52. The van der Waals surface area contributed by atoms with Crippen LogP contribution in [-0.2, 0) is 14.3 Å². The first kappa shape index (κ1) is 15.3. The van der Waals surface area contributed by atoms with E-state index < -0.39 is 0 Å². The third-order valence-corrected chi connectivity index (χ3v) is 4.37. The van der Waals surface area contributed by atoms with E-state index in [9.17, 15) is 9.59 Å². The Kier molecular flexibility index (Phi) is 4.68. The van der Waals surface area contributed by atoms with Crippen molar-refractivity contribution in [2.75, 3.05) is 33.4 Å². The minimum absolute atomic E-state index is 0.0164. The van der Waals surface area contributed by atoms with Gasteiger partial charge in [-0.1, -0.05) is 13.8 Å². The topological polar surface area (TPSA) is 49.9 Å². The van der Waals surface area contributed by atoms with Crippen LogP contribution in [-0.4, -0.2) is 61.0 Å². The number of hydrogen-bond acceptors (Lipinski definition) is 3. The van der Waals surface area contributed by atoms with E-state index in [1.165, 1.54) is 0 Å². The zero-order chi connectivity index (χ0) is 14.8. The van der Waals surface area contributed by atoms with Gasteiger partial charge in [-0.05, 0) is 24.7 Å². The number of ether oxygens (including phenoxy) is 1. The van der Waals surface area contributed by atoms with Crippen molar-refractivity contribution in [1.82, 2.24) is 9.80 Å². The fourth-order valence-electron chi connectivity index (χ4n) is 3.15. The van der Waals surface area contributed by atoms with Gasteiger partial charge in [0.2, 0.25) is 11.8 Å². The van der Waals surface area contributed by atoms with Crippen LogP contribution in [0.4, 0.5) is 0 Å². The standard InChI is InChI=1S/C15H26N2O3/c1-15(2,7-10-20-3)11-16-9-6-13(18)17-8-4-5-12(17)14(16)19/h12H,4-11H2,1-3H3. The molecule has 2 aliphatic rings. The van der Waals surface area contributed by atoms with Crippen molar-refractivity contribution in [3.63, 3.8) is 0 Å². The molecule has 2 fully saturated rings. The number of hydrogen-bond donors (Lipinski definition) is 0. The summed E-state index contributed by atoms with van der Waals surface area (Å²) in [5.41, 5.74) is 0.0164. The van der Waals surface area contributed by atoms with Gasteiger partial charge in [-0.25, -0.2) is 0 Å². The highest BCUT2D eigenvalue weighted by Gasteiger charge is 2.40. The molecule has 0 aromatic carbocycles. The lowest BCUT2D eigenvalue weighted by Gasteiger charge is -2.33. The normalized spacial score (nSPS) is 24.1. The zero-order valence-electron chi connectivity index (χ0n) is 12.9. The number of amides is 2. The minimum Gasteiger partial charge on any atom is -0.385 e. The quantitative estimate of drug-likeness (QED) is 0.763. The molecule has 0 aromatic rings. The molecule has 1 atom stereocenters. The molecule has 2 rings (SSSR count). The molecule has 5 nitrogen and oxygen atoms in total. The lowest BCUT2D eigenvalue weighted by Crippen LogP contribution is -2.46. The summed E-state index contributed by atoms with van der Waals surface area (Å²) in [7, 11) is 1.70. The van der Waals surface area contributed by atoms with Gasteiger partial charge in [-0.2, -0.15) is 0 Å². The van der Waals surface area contributed by atoms with Crippen LogP contribution in [0, 0.1) is 5.41 Å². The molecule has 20 heavy (non-hydrogen) atoms. The first-order chi connectivity index (χ1) is 9.44. The maximum absolute atomic E-state index is 12.6. The lowest BCUT2D eigenvalue weighted by atomic mass is 9.88. The van der Waals surface area contributed by atoms with E-state index in [0.717, 1.165) is 25.8 Å². The second-order valence-corrected chi connectivity index (χ2v) is 6.66. The van der Waals surface area contributed by atoms with E-state index in [1.807, 2.05) is 4.90 Å². The van der Waals surface area contributed by atoms with Crippen molar-refractivity contribution in [3.05, 3.63) is 0 Å². The summed E-state index contributed by atoms with van der Waals surface area (Å²) in [5.74, 6) is 0.275. The predicted molar refractivity (Wildman–Crippen MR) is 76.2 cm³/mol. The van der Waals surface area contributed by atoms with E-state index in [1.54, 1.807) is 12.0 Å². The molecule has 114 valence electrons. The van der Waals surface area contributed by atoms with Gasteiger partial charge in [0.1, 0.15) is 6.04 Å². The smallest absolute Gasteiger partial charge is 0.245 e. The highest BCUT2D eigenvalue weighted by molar-refractivity contribution is 5.90. The summed E-state index contributed by atoms with van der Waals surface area (Å²) in [6.45, 7) is 7.00. The van der Waals surface area contributed by atoms with Crippen LogP contribution in [0.2, 0.25) is 0 Å². The third-order valence-electron chi connectivity index (χ3n) is 4.37. The van der Waals surface area contributed by atoms with E-state index in [0.29, 0.717) is 26.1 Å². The van der Waals surface area contributed by atoms with Crippen molar-refractivity contribution in [1.29, 1.82) is 0 Å². The van der Waals surface area contributed by atoms with E-state index in [-0.39, 0.29) is 23.3 Å². The van der Waals surface area contributed by atoms with Crippen molar-refractivity contribution in [2.24, 2.45) is 5.41 Å². The SMILES string of the molecule is COCCC(C)(C)CN1CCC(=O)N2CCCC2C1=O. The van der Waals surface area contributed by atoms with Crippen LogP contribution in [0.25, 0.3) is 0 Å². The van der Waals surface area contributed by atoms with Gasteiger partial charge in [0.05, 0.1) is 0 Å². The molecule has 2 saturated heterocycles. The summed E-state index contributed by atoms with van der Waals surface area (Å²) in [6.07, 6.45) is 3.14. The van der Waals surface area contributed by atoms with Crippen molar-refractivity contribution >= 4 is 11.8 Å². The highest BCUT2D eigenvalue weighted by atomic mass is 16.5. The summed E-state index contributed by atoms with van der Waals surface area (Å²) in [5, 5.41) is 0. The molecule has 1 unspecified atom stereocenters. The third kappa shape index (κ3) is 3.32. The van der Waals surface area contributed by atoms with Crippen LogP contribution < -0.4 is 0 Å². The molecule has 0 aliphatic carbocycles. The predicted octanol–water partition coefficient (Wildman–Crippen LogP) is 1.27. The molecule has 2 heterocycles. The van der Waals surface area contributed by atoms with Gasteiger partial charge in [0.25, 0.3) is 0 Å². The Balaban J connectivity index is 2.04. The summed E-state index contributed by atoms with van der Waals surface area (Å²) >= 11 is 0. The van der Waals surface area contributed by atoms with Crippen molar-refractivity contribution < 1.29 is 14.3 Å². The average molecular weight is 282 g/mol. The number of carbonyl (C=O) groups excluding carboxylic acids is 2. The molecule has 5 heteroatoms. The van der Waals surface area contributed by atoms with Crippen LogP contribution in [0.3, 0.4) is 0 Å². The molecule has 0 spiro atoms. The van der Waals surface area contributed by atoms with Crippen LogP contribution >= 0.6 is 0 Å². The fourth-order valence-corrected chi connectivity index (χ4v) is 3.15. The molecule has 0 N–H and O–H groups in total. The summed E-state index contributed by atoms with van der Waals surface area (Å²) in [6, 6.07) is -0.205. The molecule has 0 bridgehead atoms. The Morgan fingerprint density at radius 2 is 2.05 bits per heavy atom. The summed E-state index contributed by atoms with van der Waals surface area (Å²) in [4.78, 5) is 28.4. The maximum Gasteiger partial charge on any atom is 0.245 e. The second-order valence-electron chi connectivity index (χ2n) is 6.66. The number of fused-ring (bicyclic) bond motifs is 1. The Bertz CT molecular complexity index is 381. The zero-order valence-corrected chi connectivity index (χ0v) is 12.9. The maximum atomic E-state index is 12.6. The summed E-state index contributed by atoms with van der Waals surface area (Å²) < 4.78 is 5.14. The van der Waals surface area contributed by atoms with Crippen LogP contribution in [0.1, 0.15) is 39.5 Å². The molecular weight excluding hydrogens is 256 g/mol. The monoisotopic (exact) mass is 282 g/mol. The molecule has 2 aliphatic heterocycles. The van der Waals surface area contributed by atoms with Gasteiger partial charge in [-0.3, -0.25) is 9.59 Å². The van der Waals surface area contributed by atoms with Crippen LogP contribution in [0.15, 0.2) is 0 Å². The lowest BCUT2D eigenvalue weighted by molar-refractivity contribution is -0.140. The molecule has 2 amide bonds. The van der Waals surface area contributed by atoms with Crippen molar-refractivity contribution in [2.45, 2.75) is 45.6 Å². The Hall–Kier alpha value is -1.10. The molecule has 0 saturated carbocycles. The van der Waals surface area contributed by atoms with E-state index in [4.69, 9.17) is 4.74 Å². The van der Waals surface area contributed by atoms with Gasteiger partial charge in [0, 0.05) is 39.8 Å². The first-order valence-corrected chi connectivity index (χ1v) is 7.52. The van der Waals surface area contributed by atoms with Gasteiger partial charge in [-0.15, -0.1) is 0 Å². The van der Waals surface area contributed by atoms with E-state index in [2.05, 4.69) is 13.8 Å². The number of carbonyl (C=O) groups is 2. The van der Waals surface area contributed by atoms with Gasteiger partial charge in [0.15, 0.2) is 0 Å². The fraction of sp³-hybridized carbons (Fsp3) is 0.867. The molecule has 0 radical (unpaired) electrons. The van der Waals surface area contributed by atoms with Crippen LogP contribution in [0.5, 0.6) is 0 Å². The second kappa shape index (κ2) is 6.12. The largest absolute Gasteiger partial charge is 0.385 e. The molecule has 0 aromatic heterocycles. The highest BCUT2D eigenvalue weighted by Crippen LogP contribution is 2.27. The number of nitrogens with zero attached hydrogens (tertiary/aromatic N) is 2. The van der Waals surface area contributed by atoms with E-state index >= 15 is 0 Å². The Morgan fingerprint density at radius 3 is 2.75 bits per heavy atom. The van der Waals surface area contributed by atoms with Crippen molar-refractivity contribution in [3.8, 4) is 0 Å². The minimum atomic E-state index is -0.205.